The minimum atomic E-state index is -0.959. The Labute approximate surface area is 140 Å². The van der Waals surface area contributed by atoms with Gasteiger partial charge in [-0.2, -0.15) is 0 Å². The van der Waals surface area contributed by atoms with Crippen molar-refractivity contribution in [3.05, 3.63) is 65.2 Å². The highest BCUT2D eigenvalue weighted by Gasteiger charge is 2.19. The van der Waals surface area contributed by atoms with Crippen molar-refractivity contribution in [2.45, 2.75) is 26.9 Å². The molecule has 124 valence electrons. The van der Waals surface area contributed by atoms with Crippen molar-refractivity contribution in [2.24, 2.45) is 0 Å². The Bertz CT molecular complexity index is 782. The lowest BCUT2D eigenvalue weighted by Crippen LogP contribution is -2.30. The third-order valence-corrected chi connectivity index (χ3v) is 3.44. The highest BCUT2D eigenvalue weighted by molar-refractivity contribution is 5.99. The predicted octanol–water partition coefficient (Wildman–Crippen LogP) is 3.38. The Kier molecular flexibility index (Phi) is 5.47. The molecule has 0 unspecified atom stereocenters. The smallest absolute Gasteiger partial charge is 0.338 e. The second kappa shape index (κ2) is 7.55. The van der Waals surface area contributed by atoms with E-state index in [0.29, 0.717) is 16.8 Å². The second-order valence-corrected chi connectivity index (χ2v) is 5.54. The number of carbonyl (C=O) groups excluding carboxylic acids is 3. The summed E-state index contributed by atoms with van der Waals surface area (Å²) >= 11 is 0. The summed E-state index contributed by atoms with van der Waals surface area (Å²) < 4.78 is 5.19. The van der Waals surface area contributed by atoms with Gasteiger partial charge in [0.2, 0.25) is 0 Å². The van der Waals surface area contributed by atoms with Gasteiger partial charge in [-0.3, -0.25) is 9.59 Å². The molecule has 0 aliphatic carbocycles. The molecular weight excluding hydrogens is 306 g/mol. The van der Waals surface area contributed by atoms with Crippen molar-refractivity contribution in [1.29, 1.82) is 0 Å². The van der Waals surface area contributed by atoms with Crippen LogP contribution in [-0.2, 0) is 9.53 Å². The summed E-state index contributed by atoms with van der Waals surface area (Å²) in [4.78, 5) is 35.6. The van der Waals surface area contributed by atoms with Gasteiger partial charge in [0.05, 0.1) is 5.56 Å². The van der Waals surface area contributed by atoms with Gasteiger partial charge in [-0.05, 0) is 45.0 Å². The summed E-state index contributed by atoms with van der Waals surface area (Å²) in [6.07, 6.45) is -0.959. The van der Waals surface area contributed by atoms with Gasteiger partial charge < -0.3 is 10.1 Å². The van der Waals surface area contributed by atoms with Gasteiger partial charge in [0.25, 0.3) is 5.91 Å². The van der Waals surface area contributed by atoms with E-state index in [0.717, 1.165) is 5.56 Å². The number of amides is 1. The number of ether oxygens (including phenoxy) is 1. The van der Waals surface area contributed by atoms with Crippen molar-refractivity contribution in [1.82, 2.24) is 0 Å². The number of anilines is 1. The Morgan fingerprint density at radius 1 is 1.00 bits per heavy atom. The van der Waals surface area contributed by atoms with Gasteiger partial charge in [-0.1, -0.05) is 29.8 Å². The Hall–Kier alpha value is -2.95. The number of nitrogens with one attached hydrogen (secondary N) is 1. The van der Waals surface area contributed by atoms with E-state index in [9.17, 15) is 14.4 Å². The summed E-state index contributed by atoms with van der Waals surface area (Å²) in [5, 5.41) is 2.64. The van der Waals surface area contributed by atoms with Crippen LogP contribution in [0.15, 0.2) is 48.5 Å². The van der Waals surface area contributed by atoms with Crippen LogP contribution < -0.4 is 5.32 Å². The molecule has 2 rings (SSSR count). The van der Waals surface area contributed by atoms with Crippen molar-refractivity contribution < 1.29 is 19.1 Å². The van der Waals surface area contributed by atoms with E-state index in [1.807, 2.05) is 13.0 Å². The van der Waals surface area contributed by atoms with Gasteiger partial charge in [-0.15, -0.1) is 0 Å². The van der Waals surface area contributed by atoms with Gasteiger partial charge >= 0.3 is 5.97 Å². The lowest BCUT2D eigenvalue weighted by Gasteiger charge is -2.14. The van der Waals surface area contributed by atoms with Gasteiger partial charge in [0.15, 0.2) is 11.9 Å². The van der Waals surface area contributed by atoms with E-state index in [1.54, 1.807) is 42.5 Å². The molecule has 1 amide bonds. The van der Waals surface area contributed by atoms with Crippen molar-refractivity contribution >= 4 is 23.3 Å². The highest BCUT2D eigenvalue weighted by Crippen LogP contribution is 2.13. The van der Waals surface area contributed by atoms with Crippen LogP contribution >= 0.6 is 0 Å². The first kappa shape index (κ1) is 17.4. The Balaban J connectivity index is 2.01. The summed E-state index contributed by atoms with van der Waals surface area (Å²) in [7, 11) is 0. The van der Waals surface area contributed by atoms with Crippen LogP contribution in [-0.4, -0.2) is 23.8 Å². The number of hydrogen-bond donors (Lipinski definition) is 1. The summed E-state index contributed by atoms with van der Waals surface area (Å²) in [5.41, 5.74) is 2.30. The number of carbonyl (C=O) groups is 3. The molecule has 2 aromatic rings. The maximum absolute atomic E-state index is 12.2. The molecule has 0 fully saturated rings. The monoisotopic (exact) mass is 325 g/mol. The molecule has 0 saturated heterocycles. The van der Waals surface area contributed by atoms with E-state index in [4.69, 9.17) is 4.74 Å². The fourth-order valence-corrected chi connectivity index (χ4v) is 2.11. The van der Waals surface area contributed by atoms with Gasteiger partial charge in [0.1, 0.15) is 0 Å². The van der Waals surface area contributed by atoms with Crippen LogP contribution in [0.3, 0.4) is 0 Å². The van der Waals surface area contributed by atoms with Crippen molar-refractivity contribution in [3.63, 3.8) is 0 Å². The Morgan fingerprint density at radius 3 is 2.33 bits per heavy atom. The maximum Gasteiger partial charge on any atom is 0.338 e. The van der Waals surface area contributed by atoms with Crippen LogP contribution in [0.2, 0.25) is 0 Å². The third kappa shape index (κ3) is 4.52. The normalized spacial score (nSPS) is 11.5. The summed E-state index contributed by atoms with van der Waals surface area (Å²) in [6.45, 7) is 4.82. The second-order valence-electron chi connectivity index (χ2n) is 5.54. The van der Waals surface area contributed by atoms with E-state index in [2.05, 4.69) is 5.32 Å². The fraction of sp³-hybridized carbons (Fsp3) is 0.211. The van der Waals surface area contributed by atoms with E-state index in [-0.39, 0.29) is 5.78 Å². The molecule has 24 heavy (non-hydrogen) atoms. The minimum absolute atomic E-state index is 0.0926. The lowest BCUT2D eigenvalue weighted by molar-refractivity contribution is -0.123. The van der Waals surface area contributed by atoms with Crippen LogP contribution in [0.1, 0.15) is 40.1 Å². The molecule has 0 aliphatic rings. The quantitative estimate of drug-likeness (QED) is 0.675. The number of esters is 1. The molecule has 0 heterocycles. The van der Waals surface area contributed by atoms with Crippen LogP contribution in [0.25, 0.3) is 0 Å². The molecular formula is C19H19NO4. The van der Waals surface area contributed by atoms with Crippen molar-refractivity contribution in [3.8, 4) is 0 Å². The maximum atomic E-state index is 12.2. The molecule has 1 N–H and O–H groups in total. The molecule has 0 bridgehead atoms. The molecule has 5 heteroatoms. The number of rotatable bonds is 5. The number of aryl methyl sites for hydroxylation is 1. The molecule has 0 aromatic heterocycles. The topological polar surface area (TPSA) is 72.5 Å². The van der Waals surface area contributed by atoms with E-state index in [1.165, 1.54) is 13.8 Å². The zero-order valence-electron chi connectivity index (χ0n) is 13.8. The zero-order chi connectivity index (χ0) is 17.7. The van der Waals surface area contributed by atoms with Crippen LogP contribution in [0, 0.1) is 6.92 Å². The third-order valence-electron chi connectivity index (χ3n) is 3.44. The first-order valence-corrected chi connectivity index (χ1v) is 7.56. The van der Waals surface area contributed by atoms with E-state index >= 15 is 0 Å². The average Bonchev–Trinajstić information content (AvgIpc) is 2.54. The zero-order valence-corrected chi connectivity index (χ0v) is 13.8. The molecule has 0 saturated carbocycles. The Morgan fingerprint density at radius 2 is 1.67 bits per heavy atom. The molecule has 0 radical (unpaired) electrons. The predicted molar refractivity (Wildman–Crippen MR) is 91.1 cm³/mol. The fourth-order valence-electron chi connectivity index (χ4n) is 2.11. The van der Waals surface area contributed by atoms with Crippen molar-refractivity contribution in [2.75, 3.05) is 5.32 Å². The lowest BCUT2D eigenvalue weighted by atomic mass is 10.1. The standard InChI is InChI=1S/C19H19NO4/c1-12-6-4-8-16(10-12)19(23)24-14(3)18(22)20-17-9-5-7-15(11-17)13(2)21/h4-11,14H,1-3H3,(H,20,22)/t14-/m1/s1. The molecule has 5 nitrogen and oxygen atoms in total. The molecule has 2 aromatic carbocycles. The molecule has 0 spiro atoms. The largest absolute Gasteiger partial charge is 0.449 e. The highest BCUT2D eigenvalue weighted by atomic mass is 16.5. The first-order chi connectivity index (χ1) is 11.4. The summed E-state index contributed by atoms with van der Waals surface area (Å²) in [5.74, 6) is -1.11. The minimum Gasteiger partial charge on any atom is -0.449 e. The first-order valence-electron chi connectivity index (χ1n) is 7.56. The number of benzene rings is 2. The van der Waals surface area contributed by atoms with Crippen LogP contribution in [0.5, 0.6) is 0 Å². The average molecular weight is 325 g/mol. The van der Waals surface area contributed by atoms with Gasteiger partial charge in [0, 0.05) is 11.3 Å². The van der Waals surface area contributed by atoms with Crippen LogP contribution in [0.4, 0.5) is 5.69 Å². The number of hydrogen-bond acceptors (Lipinski definition) is 4. The number of ketones is 1. The summed E-state index contributed by atoms with van der Waals surface area (Å²) in [6, 6.07) is 13.5. The van der Waals surface area contributed by atoms with Gasteiger partial charge in [-0.25, -0.2) is 4.79 Å². The number of Topliss-reactive ketones (excluding diaryl/α,β-unsaturated/α-hetero) is 1. The SMILES string of the molecule is CC(=O)c1cccc(NC(=O)[C@@H](C)OC(=O)c2cccc(C)c2)c1. The molecule has 1 atom stereocenters. The molecule has 0 aliphatic heterocycles. The van der Waals surface area contributed by atoms with E-state index < -0.39 is 18.0 Å².